The van der Waals surface area contributed by atoms with E-state index in [1.54, 1.807) is 19.1 Å². The van der Waals surface area contributed by atoms with Crippen LogP contribution in [0.3, 0.4) is 0 Å². The van der Waals surface area contributed by atoms with Crippen LogP contribution in [-0.4, -0.2) is 18.1 Å². The minimum absolute atomic E-state index is 0. The zero-order valence-electron chi connectivity index (χ0n) is 14.1. The first-order valence-corrected chi connectivity index (χ1v) is 8.84. The minimum Gasteiger partial charge on any atom is -0.706 e. The van der Waals surface area contributed by atoms with Crippen LogP contribution in [0.25, 0.3) is 16.3 Å². The van der Waals surface area contributed by atoms with Crippen LogP contribution in [0.5, 0.6) is 5.75 Å². The number of hydrogen-bond donors (Lipinski definition) is 2. The molecule has 2 N–H and O–H groups in total. The fourth-order valence-electron chi connectivity index (χ4n) is 2.11. The van der Waals surface area contributed by atoms with Crippen molar-refractivity contribution in [3.8, 4) is 5.75 Å². The molecule has 0 aromatic heterocycles. The summed E-state index contributed by atoms with van der Waals surface area (Å²) in [7, 11) is -4.42. The number of phenols is 1. The summed E-state index contributed by atoms with van der Waals surface area (Å²) in [5, 5.41) is 14.3. The Morgan fingerprint density at radius 2 is 1.65 bits per heavy atom. The molecular weight excluding hydrogens is 387 g/mol. The van der Waals surface area contributed by atoms with Crippen LogP contribution >= 0.6 is 11.6 Å². The van der Waals surface area contributed by atoms with E-state index >= 15 is 0 Å². The summed E-state index contributed by atoms with van der Waals surface area (Å²) >= 11 is 5.65. The van der Waals surface area contributed by atoms with E-state index in [4.69, 9.17) is 26.8 Å². The topological polar surface area (TPSA) is 109 Å². The summed E-state index contributed by atoms with van der Waals surface area (Å²) in [4.78, 5) is -0.518. The van der Waals surface area contributed by atoms with Crippen LogP contribution in [0.1, 0.15) is 5.56 Å². The van der Waals surface area contributed by atoms with E-state index in [0.29, 0.717) is 11.3 Å². The second-order valence-electron chi connectivity index (χ2n) is 5.18. The molecule has 0 fully saturated rings. The number of halogens is 1. The molecule has 0 aliphatic rings. The summed E-state index contributed by atoms with van der Waals surface area (Å²) in [6, 6.07) is 15.6. The van der Waals surface area contributed by atoms with Crippen LogP contribution in [0.2, 0.25) is 5.02 Å². The van der Waals surface area contributed by atoms with Crippen LogP contribution in [0, 0.1) is 6.92 Å². The molecule has 0 radical (unpaired) electrons. The van der Waals surface area contributed by atoms with E-state index in [9.17, 15) is 8.42 Å². The van der Waals surface area contributed by atoms with E-state index in [0.717, 1.165) is 16.8 Å². The van der Waals surface area contributed by atoms with Gasteiger partial charge in [0.25, 0.3) is 10.1 Å². The van der Waals surface area contributed by atoms with Gasteiger partial charge in [-0.05, 0) is 47.5 Å². The van der Waals surface area contributed by atoms with Gasteiger partial charge in [0, 0.05) is 5.02 Å². The summed E-state index contributed by atoms with van der Waals surface area (Å²) in [5.74, 6) is 0.323. The quantitative estimate of drug-likeness (QED) is 0.390. The first-order chi connectivity index (χ1) is 11.7. The third-order valence-electron chi connectivity index (χ3n) is 3.36. The molecule has 3 aromatic rings. The fraction of sp³-hybridized carbons (Fsp3) is 0.0588. The number of aryl methyl sites for hydroxylation is 1. The Balaban J connectivity index is 0.000000256. The number of hydrogen-bond acceptors (Lipinski definition) is 4. The molecule has 0 spiro atoms. The van der Waals surface area contributed by atoms with Gasteiger partial charge in [0.15, 0.2) is 0 Å². The third-order valence-corrected chi connectivity index (χ3v) is 4.65. The standard InChI is InChI=1S/C10H8O.C7H6ClN2O3S.Na/c11-10-6-5-8-3-1-2-4-9(8)7-10;1-4-2-6(10-9)7(3-5(4)8)14(11,12)13;/h1-7,11H;2-3H,1H3,(H,11,12,13);/q;-1;+1. The van der Waals surface area contributed by atoms with Crippen molar-refractivity contribution < 1.29 is 47.6 Å². The second kappa shape index (κ2) is 9.45. The molecule has 0 amide bonds. The van der Waals surface area contributed by atoms with Gasteiger partial charge in [0.2, 0.25) is 0 Å². The zero-order chi connectivity index (χ0) is 18.6. The molecule has 130 valence electrons. The van der Waals surface area contributed by atoms with Gasteiger partial charge in [0.05, 0.1) is 5.69 Å². The first kappa shape index (κ1) is 22.6. The van der Waals surface area contributed by atoms with Crippen molar-refractivity contribution in [1.82, 2.24) is 0 Å². The summed E-state index contributed by atoms with van der Waals surface area (Å²) < 4.78 is 30.4. The number of benzene rings is 3. The zero-order valence-corrected chi connectivity index (χ0v) is 17.7. The number of nitrogens with zero attached hydrogens (tertiary/aromatic N) is 2. The maximum atomic E-state index is 10.8. The maximum absolute atomic E-state index is 10.8. The molecule has 0 aliphatic carbocycles. The van der Waals surface area contributed by atoms with E-state index < -0.39 is 15.0 Å². The van der Waals surface area contributed by atoms with Crippen molar-refractivity contribution in [2.75, 3.05) is 0 Å². The third kappa shape index (κ3) is 5.77. The average molecular weight is 401 g/mol. The Bertz CT molecular complexity index is 1040. The molecule has 3 rings (SSSR count). The fourth-order valence-corrected chi connectivity index (χ4v) is 2.97. The van der Waals surface area contributed by atoms with E-state index in [1.807, 2.05) is 30.3 Å². The molecule has 0 atom stereocenters. The Morgan fingerprint density at radius 1 is 1.04 bits per heavy atom. The van der Waals surface area contributed by atoms with Gasteiger partial charge >= 0.3 is 29.6 Å². The van der Waals surface area contributed by atoms with Crippen molar-refractivity contribution in [2.24, 2.45) is 5.11 Å². The molecule has 0 aliphatic heterocycles. The number of phenolic OH excluding ortho intramolecular Hbond substituents is 1. The average Bonchev–Trinajstić information content (AvgIpc) is 2.56. The molecule has 0 unspecified atom stereocenters. The Labute approximate surface area is 178 Å². The van der Waals surface area contributed by atoms with Gasteiger partial charge in [-0.2, -0.15) is 8.42 Å². The molecule has 6 nitrogen and oxygen atoms in total. The summed E-state index contributed by atoms with van der Waals surface area (Å²) in [6.45, 7) is 1.62. The van der Waals surface area contributed by atoms with Gasteiger partial charge in [-0.15, -0.1) is 0 Å². The molecule has 0 saturated carbocycles. The molecule has 0 heterocycles. The van der Waals surface area contributed by atoms with E-state index in [-0.39, 0.29) is 40.3 Å². The van der Waals surface area contributed by atoms with Crippen LogP contribution < -0.4 is 29.6 Å². The predicted octanol–water partition coefficient (Wildman–Crippen LogP) is 2.10. The van der Waals surface area contributed by atoms with Gasteiger partial charge in [0.1, 0.15) is 10.6 Å². The van der Waals surface area contributed by atoms with Crippen molar-refractivity contribution in [2.45, 2.75) is 11.8 Å². The molecule has 0 saturated heterocycles. The molecule has 26 heavy (non-hydrogen) atoms. The van der Waals surface area contributed by atoms with Crippen molar-refractivity contribution in [1.29, 1.82) is 0 Å². The Morgan fingerprint density at radius 3 is 2.23 bits per heavy atom. The van der Waals surface area contributed by atoms with Gasteiger partial charge < -0.3 is 15.8 Å². The molecular formula is C17H14ClN2NaO4S. The van der Waals surface area contributed by atoms with Gasteiger partial charge in [-0.1, -0.05) is 41.9 Å². The van der Waals surface area contributed by atoms with Crippen molar-refractivity contribution >= 4 is 38.2 Å². The largest absolute Gasteiger partial charge is 1.00 e. The molecule has 3 aromatic carbocycles. The van der Waals surface area contributed by atoms with E-state index in [2.05, 4.69) is 5.11 Å². The second-order valence-corrected chi connectivity index (χ2v) is 6.97. The number of rotatable bonds is 2. The van der Waals surface area contributed by atoms with Crippen LogP contribution in [0.15, 0.2) is 64.6 Å². The van der Waals surface area contributed by atoms with Crippen molar-refractivity contribution in [3.05, 3.63) is 70.7 Å². The smallest absolute Gasteiger partial charge is 0.706 e. The normalized spacial score (nSPS) is 10.4. The number of fused-ring (bicyclic) bond motifs is 1. The SMILES string of the molecule is Cc1cc(N=[N-])c(S(=O)(=O)O)cc1Cl.Oc1ccc2ccccc2c1.[Na+]. The summed E-state index contributed by atoms with van der Waals surface area (Å²) in [5.41, 5.74) is 8.81. The minimum atomic E-state index is -4.42. The Hall–Kier alpha value is -1.48. The predicted molar refractivity (Wildman–Crippen MR) is 97.1 cm³/mol. The van der Waals surface area contributed by atoms with Crippen molar-refractivity contribution in [3.63, 3.8) is 0 Å². The first-order valence-electron chi connectivity index (χ1n) is 7.03. The van der Waals surface area contributed by atoms with Gasteiger partial charge in [-0.3, -0.25) is 4.55 Å². The van der Waals surface area contributed by atoms with E-state index in [1.165, 1.54) is 6.07 Å². The van der Waals surface area contributed by atoms with Gasteiger partial charge in [-0.25, -0.2) is 0 Å². The van der Waals surface area contributed by atoms with Crippen LogP contribution in [-0.2, 0) is 10.1 Å². The van der Waals surface area contributed by atoms with Crippen LogP contribution in [0.4, 0.5) is 5.69 Å². The molecule has 9 heteroatoms. The summed E-state index contributed by atoms with van der Waals surface area (Å²) in [6.07, 6.45) is 0. The number of aromatic hydroxyl groups is 1. The maximum Gasteiger partial charge on any atom is 1.00 e. The Kier molecular flexibility index (Phi) is 8.20. The molecule has 0 bridgehead atoms. The monoisotopic (exact) mass is 400 g/mol.